The fourth-order valence-electron chi connectivity index (χ4n) is 3.62. The molecular formula is C26H35Cl2NO3. The lowest BCUT2D eigenvalue weighted by atomic mass is 10.0. The van der Waals surface area contributed by atoms with E-state index in [4.69, 9.17) is 27.9 Å². The minimum Gasteiger partial charge on any atom is -0.504 e. The summed E-state index contributed by atoms with van der Waals surface area (Å²) in [6.07, 6.45) is 13.3. The number of anilines is 1. The van der Waals surface area contributed by atoms with Crippen LogP contribution in [0.2, 0.25) is 10.0 Å². The summed E-state index contributed by atoms with van der Waals surface area (Å²) >= 11 is 12.1. The van der Waals surface area contributed by atoms with Crippen LogP contribution in [0.5, 0.6) is 11.5 Å². The monoisotopic (exact) mass is 479 g/mol. The third kappa shape index (κ3) is 8.91. The first-order valence-corrected chi connectivity index (χ1v) is 12.4. The van der Waals surface area contributed by atoms with E-state index in [2.05, 4.69) is 12.2 Å². The number of benzene rings is 2. The molecule has 0 bridgehead atoms. The third-order valence-corrected chi connectivity index (χ3v) is 6.44. The van der Waals surface area contributed by atoms with Crippen molar-refractivity contribution in [3.63, 3.8) is 0 Å². The highest BCUT2D eigenvalue weighted by Gasteiger charge is 2.15. The zero-order valence-corrected chi connectivity index (χ0v) is 20.7. The van der Waals surface area contributed by atoms with Gasteiger partial charge < -0.3 is 9.84 Å². The first-order chi connectivity index (χ1) is 15.4. The van der Waals surface area contributed by atoms with Crippen LogP contribution in [0.15, 0.2) is 30.3 Å². The van der Waals surface area contributed by atoms with Gasteiger partial charge in [-0.25, -0.2) is 4.79 Å². The number of hydrogen-bond donors (Lipinski definition) is 2. The van der Waals surface area contributed by atoms with E-state index in [1.807, 2.05) is 18.2 Å². The number of unbranched alkanes of at least 4 members (excludes halogenated alkanes) is 9. The van der Waals surface area contributed by atoms with E-state index < -0.39 is 6.09 Å². The molecule has 2 rings (SSSR count). The van der Waals surface area contributed by atoms with Crippen molar-refractivity contribution in [3.05, 3.63) is 51.5 Å². The fourth-order valence-corrected chi connectivity index (χ4v) is 4.08. The summed E-state index contributed by atoms with van der Waals surface area (Å²) < 4.78 is 5.38. The SMILES string of the molecule is CCCCCCCCCCCCc1cccc(OC(=O)Nc2cc(Cl)c(C)c(Cl)c2O)c1. The van der Waals surface area contributed by atoms with Crippen LogP contribution >= 0.6 is 23.2 Å². The molecule has 0 atom stereocenters. The van der Waals surface area contributed by atoms with E-state index in [9.17, 15) is 9.90 Å². The molecule has 2 aromatic carbocycles. The molecule has 0 heterocycles. The first-order valence-electron chi connectivity index (χ1n) is 11.7. The number of phenols is 1. The second-order valence-corrected chi connectivity index (χ2v) is 9.07. The average Bonchev–Trinajstić information content (AvgIpc) is 2.77. The zero-order valence-electron chi connectivity index (χ0n) is 19.2. The summed E-state index contributed by atoms with van der Waals surface area (Å²) in [7, 11) is 0. The van der Waals surface area contributed by atoms with Gasteiger partial charge in [0.25, 0.3) is 0 Å². The van der Waals surface area contributed by atoms with Crippen molar-refractivity contribution in [1.29, 1.82) is 0 Å². The molecule has 0 aromatic heterocycles. The number of aryl methyl sites for hydroxylation is 1. The molecule has 0 saturated heterocycles. The number of amides is 1. The van der Waals surface area contributed by atoms with Crippen LogP contribution in [0.25, 0.3) is 0 Å². The van der Waals surface area contributed by atoms with Crippen molar-refractivity contribution in [2.24, 2.45) is 0 Å². The predicted octanol–water partition coefficient (Wildman–Crippen LogP) is 9.08. The molecule has 2 aromatic rings. The molecule has 0 aliphatic carbocycles. The smallest absolute Gasteiger partial charge is 0.417 e. The molecule has 4 nitrogen and oxygen atoms in total. The molecule has 0 aliphatic rings. The highest BCUT2D eigenvalue weighted by Crippen LogP contribution is 2.38. The lowest BCUT2D eigenvalue weighted by Gasteiger charge is -2.12. The van der Waals surface area contributed by atoms with E-state index >= 15 is 0 Å². The van der Waals surface area contributed by atoms with Gasteiger partial charge in [-0.2, -0.15) is 0 Å². The number of halogens is 2. The van der Waals surface area contributed by atoms with E-state index in [-0.39, 0.29) is 16.5 Å². The zero-order chi connectivity index (χ0) is 23.3. The standard InChI is InChI=1S/C26H35Cl2NO3/c1-3-4-5-6-7-8-9-10-11-12-14-20-15-13-16-21(17-20)32-26(31)29-23-18-22(27)19(2)24(28)25(23)30/h13,15-18,30H,3-12,14H2,1-2H3,(H,29,31). The van der Waals surface area contributed by atoms with Crippen LogP contribution < -0.4 is 10.1 Å². The molecular weight excluding hydrogens is 445 g/mol. The quantitative estimate of drug-likeness (QED) is 0.222. The summed E-state index contributed by atoms with van der Waals surface area (Å²) in [5, 5.41) is 13.1. The highest BCUT2D eigenvalue weighted by molar-refractivity contribution is 6.37. The number of ether oxygens (including phenoxy) is 1. The maximum Gasteiger partial charge on any atom is 0.417 e. The van der Waals surface area contributed by atoms with Gasteiger partial charge in [0.05, 0.1) is 10.7 Å². The van der Waals surface area contributed by atoms with Gasteiger partial charge in [0.2, 0.25) is 0 Å². The van der Waals surface area contributed by atoms with E-state index in [0.717, 1.165) is 18.4 Å². The fraction of sp³-hybridized carbons (Fsp3) is 0.500. The van der Waals surface area contributed by atoms with Crippen LogP contribution in [-0.2, 0) is 6.42 Å². The summed E-state index contributed by atoms with van der Waals surface area (Å²) in [4.78, 5) is 12.3. The summed E-state index contributed by atoms with van der Waals surface area (Å²) in [6, 6.07) is 8.98. The number of carbonyl (C=O) groups is 1. The number of carbonyl (C=O) groups excluding carboxylic acids is 1. The summed E-state index contributed by atoms with van der Waals surface area (Å²) in [5.41, 5.74) is 1.79. The molecule has 0 radical (unpaired) electrons. The molecule has 176 valence electrons. The van der Waals surface area contributed by atoms with Gasteiger partial charge in [0, 0.05) is 5.02 Å². The van der Waals surface area contributed by atoms with Gasteiger partial charge in [-0.15, -0.1) is 0 Å². The van der Waals surface area contributed by atoms with Crippen LogP contribution in [0, 0.1) is 6.92 Å². The van der Waals surface area contributed by atoms with Gasteiger partial charge in [0.15, 0.2) is 5.75 Å². The predicted molar refractivity (Wildman–Crippen MR) is 135 cm³/mol. The Balaban J connectivity index is 1.73. The Kier molecular flexibility index (Phi) is 11.8. The van der Waals surface area contributed by atoms with Gasteiger partial charge in [-0.05, 0) is 49.1 Å². The Morgan fingerprint density at radius 3 is 2.25 bits per heavy atom. The molecule has 32 heavy (non-hydrogen) atoms. The van der Waals surface area contributed by atoms with Gasteiger partial charge in [0.1, 0.15) is 5.75 Å². The molecule has 0 aliphatic heterocycles. The van der Waals surface area contributed by atoms with Gasteiger partial charge in [-0.1, -0.05) is 100 Å². The Labute approximate surface area is 202 Å². The van der Waals surface area contributed by atoms with Crippen molar-refractivity contribution < 1.29 is 14.6 Å². The highest BCUT2D eigenvalue weighted by atomic mass is 35.5. The van der Waals surface area contributed by atoms with Gasteiger partial charge >= 0.3 is 6.09 Å². The Bertz CT molecular complexity index is 870. The Morgan fingerprint density at radius 1 is 0.969 bits per heavy atom. The normalized spacial score (nSPS) is 10.9. The van der Waals surface area contributed by atoms with Crippen LogP contribution in [0.4, 0.5) is 10.5 Å². The maximum atomic E-state index is 12.3. The molecule has 2 N–H and O–H groups in total. The third-order valence-electron chi connectivity index (χ3n) is 5.59. The van der Waals surface area contributed by atoms with Crippen molar-refractivity contribution in [1.82, 2.24) is 0 Å². The largest absolute Gasteiger partial charge is 0.504 e. The van der Waals surface area contributed by atoms with Crippen molar-refractivity contribution in [3.8, 4) is 11.5 Å². The van der Waals surface area contributed by atoms with E-state index in [1.54, 1.807) is 13.0 Å². The van der Waals surface area contributed by atoms with Gasteiger partial charge in [-0.3, -0.25) is 5.32 Å². The first kappa shape index (κ1) is 26.3. The topological polar surface area (TPSA) is 58.6 Å². The lowest BCUT2D eigenvalue weighted by molar-refractivity contribution is 0.215. The molecule has 0 saturated carbocycles. The molecule has 0 fully saturated rings. The summed E-state index contributed by atoms with van der Waals surface area (Å²) in [6.45, 7) is 3.94. The average molecular weight is 480 g/mol. The lowest BCUT2D eigenvalue weighted by Crippen LogP contribution is -2.17. The molecule has 1 amide bonds. The maximum absolute atomic E-state index is 12.3. The number of phenolic OH excluding ortho intramolecular Hbond substituents is 1. The second-order valence-electron chi connectivity index (χ2n) is 8.29. The van der Waals surface area contributed by atoms with E-state index in [0.29, 0.717) is 16.3 Å². The minimum atomic E-state index is -0.715. The van der Waals surface area contributed by atoms with Crippen LogP contribution in [0.1, 0.15) is 82.3 Å². The van der Waals surface area contributed by atoms with Crippen molar-refractivity contribution >= 4 is 35.0 Å². The van der Waals surface area contributed by atoms with Crippen molar-refractivity contribution in [2.45, 2.75) is 84.5 Å². The Hall–Kier alpha value is -1.91. The molecule has 0 spiro atoms. The summed E-state index contributed by atoms with van der Waals surface area (Å²) in [5.74, 6) is 0.219. The number of aromatic hydroxyl groups is 1. The minimum absolute atomic E-state index is 0.103. The Morgan fingerprint density at radius 2 is 1.59 bits per heavy atom. The molecule has 6 heteroatoms. The van der Waals surface area contributed by atoms with Crippen LogP contribution in [0.3, 0.4) is 0 Å². The number of rotatable bonds is 13. The van der Waals surface area contributed by atoms with Crippen molar-refractivity contribution in [2.75, 3.05) is 5.32 Å². The van der Waals surface area contributed by atoms with Crippen LogP contribution in [-0.4, -0.2) is 11.2 Å². The number of nitrogens with one attached hydrogen (secondary N) is 1. The van der Waals surface area contributed by atoms with E-state index in [1.165, 1.54) is 63.9 Å². The second kappa shape index (κ2) is 14.3. The molecule has 0 unspecified atom stereocenters. The number of hydrogen-bond acceptors (Lipinski definition) is 3.